The summed E-state index contributed by atoms with van der Waals surface area (Å²) < 4.78 is 5.55. The van der Waals surface area contributed by atoms with Crippen molar-refractivity contribution in [1.29, 1.82) is 0 Å². The quantitative estimate of drug-likeness (QED) is 0.580. The topological polar surface area (TPSA) is 9.23 Å². The molecule has 0 spiro atoms. The minimum atomic E-state index is 0.161. The van der Waals surface area contributed by atoms with Crippen LogP contribution in [-0.2, 0) is 4.74 Å². The average Bonchev–Trinajstić information content (AvgIpc) is 2.13. The largest absolute Gasteiger partial charge is 0.374 e. The van der Waals surface area contributed by atoms with E-state index in [4.69, 9.17) is 4.74 Å². The van der Waals surface area contributed by atoms with Crippen LogP contribution < -0.4 is 0 Å². The number of hydrogen-bond donors (Lipinski definition) is 0. The number of rotatable bonds is 1. The van der Waals surface area contributed by atoms with Gasteiger partial charge in [0, 0.05) is 4.83 Å². The van der Waals surface area contributed by atoms with Gasteiger partial charge in [0.2, 0.25) is 0 Å². The fraction of sp³-hybridized carbons (Fsp3) is 1.00. The summed E-state index contributed by atoms with van der Waals surface area (Å²) in [5.41, 5.74) is 0.161. The van der Waals surface area contributed by atoms with Crippen molar-refractivity contribution in [3.05, 3.63) is 0 Å². The van der Waals surface area contributed by atoms with Crippen LogP contribution in [0.3, 0.4) is 0 Å². The first-order valence-corrected chi connectivity index (χ1v) is 4.36. The van der Waals surface area contributed by atoms with E-state index in [2.05, 4.69) is 29.8 Å². The lowest BCUT2D eigenvalue weighted by Crippen LogP contribution is -2.21. The van der Waals surface area contributed by atoms with Gasteiger partial charge in [-0.15, -0.1) is 0 Å². The van der Waals surface area contributed by atoms with Gasteiger partial charge in [0.1, 0.15) is 0 Å². The molecule has 9 heavy (non-hydrogen) atoms. The molecule has 54 valence electrons. The predicted octanol–water partition coefficient (Wildman–Crippen LogP) is 2.34. The molecule has 1 heterocycles. The van der Waals surface area contributed by atoms with E-state index in [-0.39, 0.29) is 5.60 Å². The summed E-state index contributed by atoms with van der Waals surface area (Å²) >= 11 is 3.53. The second-order valence-corrected chi connectivity index (χ2v) is 4.21. The Hall–Kier alpha value is 0.440. The fourth-order valence-corrected chi connectivity index (χ4v) is 1.94. The zero-order chi connectivity index (χ0) is 6.91. The van der Waals surface area contributed by atoms with Crippen molar-refractivity contribution in [3.8, 4) is 0 Å². The van der Waals surface area contributed by atoms with Gasteiger partial charge in [0.15, 0.2) is 0 Å². The summed E-state index contributed by atoms with van der Waals surface area (Å²) in [5.74, 6) is 0. The molecule has 0 aliphatic carbocycles. The van der Waals surface area contributed by atoms with Crippen LogP contribution >= 0.6 is 15.9 Å². The summed E-state index contributed by atoms with van der Waals surface area (Å²) in [6.45, 7) is 5.23. The third kappa shape index (κ3) is 1.68. The molecule has 0 aromatic carbocycles. The molecule has 0 saturated carbocycles. The lowest BCUT2D eigenvalue weighted by atomic mass is 10.0. The number of alkyl halides is 1. The molecule has 1 fully saturated rings. The van der Waals surface area contributed by atoms with Crippen LogP contribution in [0.15, 0.2) is 0 Å². The van der Waals surface area contributed by atoms with Crippen LogP contribution in [0.4, 0.5) is 0 Å². The first kappa shape index (κ1) is 7.55. The van der Waals surface area contributed by atoms with Crippen LogP contribution in [0.1, 0.15) is 26.7 Å². The molecule has 1 aliphatic heterocycles. The van der Waals surface area contributed by atoms with Crippen LogP contribution in [0, 0.1) is 0 Å². The number of hydrogen-bond acceptors (Lipinski definition) is 1. The van der Waals surface area contributed by atoms with Crippen LogP contribution in [-0.4, -0.2) is 17.0 Å². The first-order valence-electron chi connectivity index (χ1n) is 3.44. The Morgan fingerprint density at radius 2 is 2.44 bits per heavy atom. The second kappa shape index (κ2) is 2.59. The molecule has 2 atom stereocenters. The highest BCUT2D eigenvalue weighted by Crippen LogP contribution is 2.31. The van der Waals surface area contributed by atoms with Gasteiger partial charge in [0.05, 0.1) is 12.2 Å². The molecule has 0 amide bonds. The molecule has 1 saturated heterocycles. The van der Waals surface area contributed by atoms with Crippen molar-refractivity contribution in [2.75, 3.05) is 6.61 Å². The van der Waals surface area contributed by atoms with Gasteiger partial charge in [-0.3, -0.25) is 0 Å². The Bertz CT molecular complexity index is 105. The van der Waals surface area contributed by atoms with Gasteiger partial charge >= 0.3 is 0 Å². The van der Waals surface area contributed by atoms with E-state index >= 15 is 0 Å². The Morgan fingerprint density at radius 1 is 1.78 bits per heavy atom. The van der Waals surface area contributed by atoms with Crippen molar-refractivity contribution in [3.63, 3.8) is 0 Å². The molecule has 2 unspecified atom stereocenters. The van der Waals surface area contributed by atoms with E-state index in [0.717, 1.165) is 19.4 Å². The summed E-state index contributed by atoms with van der Waals surface area (Å²) in [6.07, 6.45) is 2.28. The minimum absolute atomic E-state index is 0.161. The van der Waals surface area contributed by atoms with Gasteiger partial charge in [0.25, 0.3) is 0 Å². The van der Waals surface area contributed by atoms with Crippen LogP contribution in [0.2, 0.25) is 0 Å². The molecule has 0 bridgehead atoms. The Balaban J connectivity index is 2.45. The van der Waals surface area contributed by atoms with E-state index in [1.807, 2.05) is 0 Å². The third-order valence-corrected chi connectivity index (χ3v) is 2.60. The normalized spacial score (nSPS) is 43.7. The standard InChI is InChI=1S/C7H13BrO/c1-3-7(2)4-6(8)5-9-7/h6H,3-5H2,1-2H3. The molecule has 1 aliphatic rings. The van der Waals surface area contributed by atoms with E-state index in [0.29, 0.717) is 4.83 Å². The Labute approximate surface area is 64.9 Å². The molecule has 1 nitrogen and oxygen atoms in total. The summed E-state index contributed by atoms with van der Waals surface area (Å²) in [7, 11) is 0. The maximum atomic E-state index is 5.55. The van der Waals surface area contributed by atoms with Crippen molar-refractivity contribution < 1.29 is 4.74 Å². The fourth-order valence-electron chi connectivity index (χ4n) is 1.12. The summed E-state index contributed by atoms with van der Waals surface area (Å²) in [6, 6.07) is 0. The second-order valence-electron chi connectivity index (χ2n) is 2.92. The van der Waals surface area contributed by atoms with E-state index < -0.39 is 0 Å². The predicted molar refractivity (Wildman–Crippen MR) is 42.0 cm³/mol. The van der Waals surface area contributed by atoms with E-state index in [1.165, 1.54) is 0 Å². The molecule has 0 aromatic heterocycles. The smallest absolute Gasteiger partial charge is 0.0664 e. The lowest BCUT2D eigenvalue weighted by molar-refractivity contribution is 0.0175. The molecule has 0 aromatic rings. The minimum Gasteiger partial charge on any atom is -0.374 e. The van der Waals surface area contributed by atoms with Crippen LogP contribution in [0.25, 0.3) is 0 Å². The van der Waals surface area contributed by atoms with Crippen molar-refractivity contribution >= 4 is 15.9 Å². The van der Waals surface area contributed by atoms with Gasteiger partial charge in [-0.25, -0.2) is 0 Å². The third-order valence-electron chi connectivity index (χ3n) is 2.01. The summed E-state index contributed by atoms with van der Waals surface area (Å²) in [5, 5.41) is 0. The van der Waals surface area contributed by atoms with E-state index in [1.54, 1.807) is 0 Å². The maximum Gasteiger partial charge on any atom is 0.0664 e. The molecule has 0 radical (unpaired) electrons. The highest BCUT2D eigenvalue weighted by molar-refractivity contribution is 9.09. The molecule has 0 N–H and O–H groups in total. The van der Waals surface area contributed by atoms with Gasteiger partial charge < -0.3 is 4.74 Å². The van der Waals surface area contributed by atoms with Gasteiger partial charge in [-0.05, 0) is 19.8 Å². The molecule has 2 heteroatoms. The lowest BCUT2D eigenvalue weighted by Gasteiger charge is -2.19. The molecule has 1 rings (SSSR count). The number of halogens is 1. The maximum absolute atomic E-state index is 5.55. The monoisotopic (exact) mass is 192 g/mol. The Kier molecular flexibility index (Phi) is 2.17. The first-order chi connectivity index (χ1) is 4.16. The average molecular weight is 193 g/mol. The number of ether oxygens (including phenoxy) is 1. The van der Waals surface area contributed by atoms with Gasteiger partial charge in [-0.2, -0.15) is 0 Å². The zero-order valence-corrected chi connectivity index (χ0v) is 7.57. The summed E-state index contributed by atoms with van der Waals surface area (Å²) in [4.78, 5) is 0.586. The molecular weight excluding hydrogens is 180 g/mol. The Morgan fingerprint density at radius 3 is 2.67 bits per heavy atom. The van der Waals surface area contributed by atoms with E-state index in [9.17, 15) is 0 Å². The van der Waals surface area contributed by atoms with Crippen molar-refractivity contribution in [1.82, 2.24) is 0 Å². The molecular formula is C7H13BrO. The zero-order valence-electron chi connectivity index (χ0n) is 5.98. The van der Waals surface area contributed by atoms with Crippen molar-refractivity contribution in [2.24, 2.45) is 0 Å². The van der Waals surface area contributed by atoms with Gasteiger partial charge in [-0.1, -0.05) is 22.9 Å². The SMILES string of the molecule is CCC1(C)CC(Br)CO1. The van der Waals surface area contributed by atoms with Crippen LogP contribution in [0.5, 0.6) is 0 Å². The highest BCUT2D eigenvalue weighted by Gasteiger charge is 2.32. The van der Waals surface area contributed by atoms with Crippen molar-refractivity contribution in [2.45, 2.75) is 37.1 Å². The highest BCUT2D eigenvalue weighted by atomic mass is 79.9.